The van der Waals surface area contributed by atoms with Crippen LogP contribution in [0.25, 0.3) is 0 Å². The lowest BCUT2D eigenvalue weighted by Crippen LogP contribution is -2.03. The maximum absolute atomic E-state index is 9.44. The van der Waals surface area contributed by atoms with Crippen LogP contribution in [0.3, 0.4) is 0 Å². The molecule has 0 aromatic heterocycles. The monoisotopic (exact) mass is 166 g/mol. The molecular formula is C6H14O5. The Morgan fingerprint density at radius 3 is 1.82 bits per heavy atom. The third-order valence-corrected chi connectivity index (χ3v) is 0.590. The zero-order chi connectivity index (χ0) is 9.28. The molecule has 0 bridgehead atoms. The Labute approximate surface area is 64.9 Å². The summed E-state index contributed by atoms with van der Waals surface area (Å²) in [6, 6.07) is 0. The SMILES string of the molecule is CC(O)CO.O=C(O)CCO. The molecule has 0 saturated heterocycles. The fraction of sp³-hybridized carbons (Fsp3) is 0.833. The minimum absolute atomic E-state index is 0.139. The first-order valence-corrected chi connectivity index (χ1v) is 3.16. The van der Waals surface area contributed by atoms with Crippen LogP contribution < -0.4 is 0 Å². The second kappa shape index (κ2) is 9.35. The van der Waals surface area contributed by atoms with E-state index in [-0.39, 0.29) is 19.6 Å². The van der Waals surface area contributed by atoms with Gasteiger partial charge >= 0.3 is 5.97 Å². The van der Waals surface area contributed by atoms with Gasteiger partial charge in [-0.1, -0.05) is 0 Å². The van der Waals surface area contributed by atoms with Crippen molar-refractivity contribution < 1.29 is 25.2 Å². The predicted molar refractivity (Wildman–Crippen MR) is 38.1 cm³/mol. The zero-order valence-electron chi connectivity index (χ0n) is 6.40. The summed E-state index contributed by atoms with van der Waals surface area (Å²) in [4.78, 5) is 9.44. The van der Waals surface area contributed by atoms with E-state index in [9.17, 15) is 4.79 Å². The number of carbonyl (C=O) groups is 1. The van der Waals surface area contributed by atoms with E-state index < -0.39 is 12.1 Å². The van der Waals surface area contributed by atoms with Gasteiger partial charge in [0.25, 0.3) is 0 Å². The van der Waals surface area contributed by atoms with Crippen molar-refractivity contribution >= 4 is 5.97 Å². The third kappa shape index (κ3) is 26.7. The van der Waals surface area contributed by atoms with Crippen LogP contribution >= 0.6 is 0 Å². The van der Waals surface area contributed by atoms with E-state index in [0.717, 1.165) is 0 Å². The van der Waals surface area contributed by atoms with Crippen molar-refractivity contribution in [1.82, 2.24) is 0 Å². The van der Waals surface area contributed by atoms with Gasteiger partial charge < -0.3 is 20.4 Å². The molecule has 0 spiro atoms. The molecule has 0 rings (SSSR count). The van der Waals surface area contributed by atoms with E-state index in [0.29, 0.717) is 0 Å². The van der Waals surface area contributed by atoms with Crippen molar-refractivity contribution in [2.24, 2.45) is 0 Å². The van der Waals surface area contributed by atoms with Crippen molar-refractivity contribution in [1.29, 1.82) is 0 Å². The highest BCUT2D eigenvalue weighted by atomic mass is 16.4. The number of aliphatic carboxylic acids is 1. The minimum atomic E-state index is -0.961. The molecule has 5 nitrogen and oxygen atoms in total. The largest absolute Gasteiger partial charge is 0.481 e. The zero-order valence-corrected chi connectivity index (χ0v) is 6.40. The number of rotatable bonds is 3. The van der Waals surface area contributed by atoms with Crippen molar-refractivity contribution in [3.63, 3.8) is 0 Å². The molecule has 1 atom stereocenters. The summed E-state index contributed by atoms with van der Waals surface area (Å²) >= 11 is 0. The Bertz CT molecular complexity index is 91.0. The number of carboxylic acid groups (broad SMARTS) is 1. The summed E-state index contributed by atoms with van der Waals surface area (Å²) in [6.45, 7) is 1.12. The molecule has 4 N–H and O–H groups in total. The van der Waals surface area contributed by atoms with Gasteiger partial charge in [-0.25, -0.2) is 0 Å². The summed E-state index contributed by atoms with van der Waals surface area (Å²) in [5, 5.41) is 31.6. The molecule has 5 heteroatoms. The Morgan fingerprint density at radius 1 is 1.45 bits per heavy atom. The Hall–Kier alpha value is -0.650. The Balaban J connectivity index is 0. The molecule has 0 aliphatic carbocycles. The van der Waals surface area contributed by atoms with Gasteiger partial charge in [0.1, 0.15) is 0 Å². The average Bonchev–Trinajstić information content (AvgIpc) is 1.89. The topological polar surface area (TPSA) is 98.0 Å². The van der Waals surface area contributed by atoms with Gasteiger partial charge in [-0.3, -0.25) is 4.79 Å². The van der Waals surface area contributed by atoms with Crippen LogP contribution in [0.1, 0.15) is 13.3 Å². The third-order valence-electron chi connectivity index (χ3n) is 0.590. The quantitative estimate of drug-likeness (QED) is 0.422. The van der Waals surface area contributed by atoms with E-state index in [1.54, 1.807) is 0 Å². The molecule has 0 aromatic rings. The summed E-state index contributed by atoms with van der Waals surface area (Å²) in [5.74, 6) is -0.961. The molecule has 0 fully saturated rings. The predicted octanol–water partition coefficient (Wildman–Crippen LogP) is -1.19. The van der Waals surface area contributed by atoms with E-state index in [4.69, 9.17) is 20.4 Å². The van der Waals surface area contributed by atoms with Crippen molar-refractivity contribution in [3.8, 4) is 0 Å². The summed E-state index contributed by atoms with van der Waals surface area (Å²) < 4.78 is 0. The lowest BCUT2D eigenvalue weighted by Gasteiger charge is -1.90. The first-order chi connectivity index (χ1) is 5.04. The summed E-state index contributed by atoms with van der Waals surface area (Å²) in [6.07, 6.45) is -0.713. The lowest BCUT2D eigenvalue weighted by molar-refractivity contribution is -0.137. The normalized spacial score (nSPS) is 11.3. The van der Waals surface area contributed by atoms with Gasteiger partial charge in [0, 0.05) is 0 Å². The first-order valence-electron chi connectivity index (χ1n) is 3.16. The van der Waals surface area contributed by atoms with E-state index in [1.807, 2.05) is 0 Å². The highest BCUT2D eigenvalue weighted by molar-refractivity contribution is 5.66. The first kappa shape index (κ1) is 13.0. The Morgan fingerprint density at radius 2 is 1.82 bits per heavy atom. The standard InChI is InChI=1S/C3H6O3.C3H8O2/c4-2-1-3(5)6;1-3(5)2-4/h4H,1-2H2,(H,5,6);3-5H,2H2,1H3. The van der Waals surface area contributed by atoms with Crippen LogP contribution in [0.5, 0.6) is 0 Å². The summed E-state index contributed by atoms with van der Waals surface area (Å²) in [5.41, 5.74) is 0. The molecule has 0 aliphatic rings. The Kier molecular flexibility index (Phi) is 11.0. The van der Waals surface area contributed by atoms with Crippen molar-refractivity contribution in [2.45, 2.75) is 19.4 Å². The molecule has 11 heavy (non-hydrogen) atoms. The van der Waals surface area contributed by atoms with Gasteiger partial charge in [0.15, 0.2) is 0 Å². The molecule has 0 heterocycles. The minimum Gasteiger partial charge on any atom is -0.481 e. The van der Waals surface area contributed by atoms with Crippen LogP contribution in [0, 0.1) is 0 Å². The molecule has 0 radical (unpaired) electrons. The number of hydrogen-bond acceptors (Lipinski definition) is 4. The van der Waals surface area contributed by atoms with Crippen LogP contribution in [0.4, 0.5) is 0 Å². The molecule has 0 amide bonds. The smallest absolute Gasteiger partial charge is 0.305 e. The number of aliphatic hydroxyl groups is 3. The van der Waals surface area contributed by atoms with Crippen molar-refractivity contribution in [2.75, 3.05) is 13.2 Å². The van der Waals surface area contributed by atoms with Crippen LogP contribution in [-0.4, -0.2) is 45.7 Å². The fourth-order valence-electron chi connectivity index (χ4n) is 0.0956. The summed E-state index contributed by atoms with van der Waals surface area (Å²) in [7, 11) is 0. The highest BCUT2D eigenvalue weighted by Gasteiger charge is 1.88. The maximum Gasteiger partial charge on any atom is 0.305 e. The van der Waals surface area contributed by atoms with Gasteiger partial charge in [0.05, 0.1) is 25.7 Å². The van der Waals surface area contributed by atoms with Crippen LogP contribution in [0.2, 0.25) is 0 Å². The number of hydrogen-bond donors (Lipinski definition) is 4. The van der Waals surface area contributed by atoms with Crippen molar-refractivity contribution in [3.05, 3.63) is 0 Å². The van der Waals surface area contributed by atoms with Gasteiger partial charge in [-0.05, 0) is 6.92 Å². The second-order valence-electron chi connectivity index (χ2n) is 1.90. The van der Waals surface area contributed by atoms with Gasteiger partial charge in [-0.15, -0.1) is 0 Å². The molecule has 68 valence electrons. The second-order valence-corrected chi connectivity index (χ2v) is 1.90. The molecule has 0 aromatic carbocycles. The number of aliphatic hydroxyl groups excluding tert-OH is 3. The molecule has 0 aliphatic heterocycles. The van der Waals surface area contributed by atoms with Gasteiger partial charge in [0.2, 0.25) is 0 Å². The van der Waals surface area contributed by atoms with E-state index >= 15 is 0 Å². The van der Waals surface area contributed by atoms with Crippen LogP contribution in [-0.2, 0) is 4.79 Å². The lowest BCUT2D eigenvalue weighted by atomic mass is 10.5. The fourth-order valence-corrected chi connectivity index (χ4v) is 0.0956. The average molecular weight is 166 g/mol. The van der Waals surface area contributed by atoms with E-state index in [1.165, 1.54) is 6.92 Å². The molecule has 1 unspecified atom stereocenters. The van der Waals surface area contributed by atoms with Crippen LogP contribution in [0.15, 0.2) is 0 Å². The van der Waals surface area contributed by atoms with E-state index in [2.05, 4.69) is 0 Å². The molecular weight excluding hydrogens is 152 g/mol. The highest BCUT2D eigenvalue weighted by Crippen LogP contribution is 1.70. The number of carboxylic acids is 1. The maximum atomic E-state index is 9.44. The van der Waals surface area contributed by atoms with Gasteiger partial charge in [-0.2, -0.15) is 0 Å². The molecule has 0 saturated carbocycles.